The summed E-state index contributed by atoms with van der Waals surface area (Å²) in [6.45, 7) is 6.82. The first kappa shape index (κ1) is 17.4. The molecule has 0 radical (unpaired) electrons. The highest BCUT2D eigenvalue weighted by atomic mass is 16.5. The molecule has 2 saturated heterocycles. The number of amides is 1. The van der Waals surface area contributed by atoms with Crippen molar-refractivity contribution < 1.29 is 9.53 Å². The number of hydrogen-bond acceptors (Lipinski definition) is 4. The fourth-order valence-corrected chi connectivity index (χ4v) is 3.66. The van der Waals surface area contributed by atoms with Gasteiger partial charge in [0, 0.05) is 32.4 Å². The van der Waals surface area contributed by atoms with E-state index in [2.05, 4.69) is 27.2 Å². The molecule has 1 unspecified atom stereocenters. The molecule has 1 aromatic rings. The number of nitrogens with one attached hydrogen (secondary N) is 1. The maximum Gasteiger partial charge on any atom is 0.228 e. The Bertz CT molecular complexity index is 543. The van der Waals surface area contributed by atoms with Gasteiger partial charge in [-0.3, -0.25) is 9.69 Å². The van der Waals surface area contributed by atoms with Crippen molar-refractivity contribution in [3.63, 3.8) is 0 Å². The van der Waals surface area contributed by atoms with E-state index in [9.17, 15) is 4.79 Å². The van der Waals surface area contributed by atoms with Gasteiger partial charge >= 0.3 is 0 Å². The van der Waals surface area contributed by atoms with E-state index in [1.54, 1.807) is 7.11 Å². The van der Waals surface area contributed by atoms with Gasteiger partial charge < -0.3 is 15.0 Å². The molecule has 5 nitrogen and oxygen atoms in total. The van der Waals surface area contributed by atoms with Crippen LogP contribution in [-0.4, -0.2) is 62.1 Å². The van der Waals surface area contributed by atoms with Crippen LogP contribution in [0.25, 0.3) is 0 Å². The Kier molecular flexibility index (Phi) is 6.24. The quantitative estimate of drug-likeness (QED) is 0.832. The molecular formula is C19H29N3O2. The number of hydrogen-bond donors (Lipinski definition) is 1. The van der Waals surface area contributed by atoms with Crippen molar-refractivity contribution in [1.29, 1.82) is 0 Å². The van der Waals surface area contributed by atoms with Crippen LogP contribution >= 0.6 is 0 Å². The molecule has 0 bridgehead atoms. The molecule has 1 aromatic carbocycles. The lowest BCUT2D eigenvalue weighted by Crippen LogP contribution is -2.29. The van der Waals surface area contributed by atoms with Gasteiger partial charge in [-0.15, -0.1) is 0 Å². The molecule has 2 aliphatic rings. The van der Waals surface area contributed by atoms with Crippen molar-refractivity contribution in [2.24, 2.45) is 5.92 Å². The van der Waals surface area contributed by atoms with Gasteiger partial charge in [0.15, 0.2) is 0 Å². The van der Waals surface area contributed by atoms with Gasteiger partial charge in [0.1, 0.15) is 0 Å². The summed E-state index contributed by atoms with van der Waals surface area (Å²) >= 11 is 0. The Balaban J connectivity index is 1.51. The largest absolute Gasteiger partial charge is 0.383 e. The second-order valence-electron chi connectivity index (χ2n) is 6.95. The normalized spacial score (nSPS) is 22.1. The highest BCUT2D eigenvalue weighted by Crippen LogP contribution is 2.20. The third kappa shape index (κ3) is 4.79. The Labute approximate surface area is 145 Å². The maximum atomic E-state index is 12.5. The second kappa shape index (κ2) is 8.60. The Hall–Kier alpha value is -1.43. The molecule has 2 fully saturated rings. The predicted octanol–water partition coefficient (Wildman–Crippen LogP) is 2.19. The molecule has 1 atom stereocenters. The molecule has 1 N–H and O–H groups in total. The topological polar surface area (TPSA) is 44.8 Å². The van der Waals surface area contributed by atoms with Crippen LogP contribution in [0.1, 0.15) is 24.8 Å². The lowest BCUT2D eigenvalue weighted by Gasteiger charge is -2.17. The molecule has 0 aromatic heterocycles. The summed E-state index contributed by atoms with van der Waals surface area (Å²) in [6.07, 6.45) is 3.54. The summed E-state index contributed by atoms with van der Waals surface area (Å²) in [5.41, 5.74) is 2.20. The van der Waals surface area contributed by atoms with Crippen LogP contribution < -0.4 is 5.32 Å². The van der Waals surface area contributed by atoms with E-state index in [1.807, 2.05) is 12.1 Å². The standard InChI is InChI=1S/C19H29N3O2/c1-24-12-11-22-10-7-17(15-22)19(23)20-18-6-4-5-16(13-18)14-21-8-2-3-9-21/h4-6,13,17H,2-3,7-12,14-15H2,1H3,(H,20,23). The third-order valence-corrected chi connectivity index (χ3v) is 5.05. The summed E-state index contributed by atoms with van der Waals surface area (Å²) in [7, 11) is 1.72. The van der Waals surface area contributed by atoms with Crippen molar-refractivity contribution in [2.45, 2.75) is 25.8 Å². The van der Waals surface area contributed by atoms with Gasteiger partial charge in [0.05, 0.1) is 12.5 Å². The lowest BCUT2D eigenvalue weighted by molar-refractivity contribution is -0.119. The Morgan fingerprint density at radius 3 is 2.88 bits per heavy atom. The highest BCUT2D eigenvalue weighted by Gasteiger charge is 2.28. The van der Waals surface area contributed by atoms with Crippen LogP contribution in [0.2, 0.25) is 0 Å². The van der Waals surface area contributed by atoms with E-state index in [0.717, 1.165) is 44.9 Å². The van der Waals surface area contributed by atoms with Gasteiger partial charge in [-0.1, -0.05) is 12.1 Å². The minimum Gasteiger partial charge on any atom is -0.383 e. The minimum absolute atomic E-state index is 0.0871. The van der Waals surface area contributed by atoms with Gasteiger partial charge in [-0.05, 0) is 56.6 Å². The molecule has 3 rings (SSSR count). The highest BCUT2D eigenvalue weighted by molar-refractivity contribution is 5.92. The number of nitrogens with zero attached hydrogens (tertiary/aromatic N) is 2. The van der Waals surface area contributed by atoms with E-state index >= 15 is 0 Å². The molecule has 24 heavy (non-hydrogen) atoms. The molecular weight excluding hydrogens is 302 g/mol. The van der Waals surface area contributed by atoms with Gasteiger partial charge in [0.2, 0.25) is 5.91 Å². The molecule has 0 saturated carbocycles. The second-order valence-corrected chi connectivity index (χ2v) is 6.95. The van der Waals surface area contributed by atoms with Crippen molar-refractivity contribution in [1.82, 2.24) is 9.80 Å². The number of benzene rings is 1. The summed E-state index contributed by atoms with van der Waals surface area (Å²) in [5, 5.41) is 3.11. The molecule has 2 aliphatic heterocycles. The number of rotatable bonds is 7. The average molecular weight is 331 g/mol. The zero-order chi connectivity index (χ0) is 16.8. The van der Waals surface area contributed by atoms with Crippen LogP contribution in [0.15, 0.2) is 24.3 Å². The average Bonchev–Trinajstić information content (AvgIpc) is 3.25. The summed E-state index contributed by atoms with van der Waals surface area (Å²) < 4.78 is 5.12. The number of methoxy groups -OCH3 is 1. The van der Waals surface area contributed by atoms with Crippen molar-refractivity contribution >= 4 is 11.6 Å². The van der Waals surface area contributed by atoms with Gasteiger partial charge in [0.25, 0.3) is 0 Å². The van der Waals surface area contributed by atoms with Crippen LogP contribution in [0.3, 0.4) is 0 Å². The smallest absolute Gasteiger partial charge is 0.228 e. The number of anilines is 1. The third-order valence-electron chi connectivity index (χ3n) is 5.05. The number of ether oxygens (including phenoxy) is 1. The fraction of sp³-hybridized carbons (Fsp3) is 0.632. The summed E-state index contributed by atoms with van der Waals surface area (Å²) in [6, 6.07) is 8.30. The Morgan fingerprint density at radius 1 is 1.25 bits per heavy atom. The van der Waals surface area contributed by atoms with E-state index in [1.165, 1.54) is 31.5 Å². The predicted molar refractivity (Wildman–Crippen MR) is 96.0 cm³/mol. The zero-order valence-corrected chi connectivity index (χ0v) is 14.7. The molecule has 1 amide bonds. The van der Waals surface area contributed by atoms with Gasteiger partial charge in [-0.25, -0.2) is 0 Å². The number of carbonyl (C=O) groups excluding carboxylic acids is 1. The Morgan fingerprint density at radius 2 is 2.08 bits per heavy atom. The van der Waals surface area contributed by atoms with Crippen LogP contribution in [0.5, 0.6) is 0 Å². The SMILES string of the molecule is COCCN1CCC(C(=O)Nc2cccc(CN3CCCC3)c2)C1. The first-order valence-corrected chi connectivity index (χ1v) is 9.08. The first-order valence-electron chi connectivity index (χ1n) is 9.08. The monoisotopic (exact) mass is 331 g/mol. The lowest BCUT2D eigenvalue weighted by atomic mass is 10.1. The maximum absolute atomic E-state index is 12.5. The zero-order valence-electron chi connectivity index (χ0n) is 14.7. The van der Waals surface area contributed by atoms with Crippen LogP contribution in [-0.2, 0) is 16.1 Å². The number of carbonyl (C=O) groups is 1. The molecule has 0 spiro atoms. The van der Waals surface area contributed by atoms with Crippen LogP contribution in [0, 0.1) is 5.92 Å². The molecule has 132 valence electrons. The van der Waals surface area contributed by atoms with Crippen LogP contribution in [0.4, 0.5) is 5.69 Å². The van der Waals surface area contributed by atoms with E-state index in [4.69, 9.17) is 4.74 Å². The molecule has 5 heteroatoms. The van der Waals surface area contributed by atoms with Crippen molar-refractivity contribution in [3.05, 3.63) is 29.8 Å². The molecule has 0 aliphatic carbocycles. The fourth-order valence-electron chi connectivity index (χ4n) is 3.66. The van der Waals surface area contributed by atoms with Crippen molar-refractivity contribution in [3.8, 4) is 0 Å². The molecule has 2 heterocycles. The van der Waals surface area contributed by atoms with Gasteiger partial charge in [-0.2, -0.15) is 0 Å². The van der Waals surface area contributed by atoms with E-state index in [0.29, 0.717) is 0 Å². The van der Waals surface area contributed by atoms with Crippen molar-refractivity contribution in [2.75, 3.05) is 51.8 Å². The van der Waals surface area contributed by atoms with E-state index < -0.39 is 0 Å². The summed E-state index contributed by atoms with van der Waals surface area (Å²) in [5.74, 6) is 0.234. The number of likely N-dealkylation sites (tertiary alicyclic amines) is 2. The minimum atomic E-state index is 0.0871. The summed E-state index contributed by atoms with van der Waals surface area (Å²) in [4.78, 5) is 17.3. The van der Waals surface area contributed by atoms with E-state index in [-0.39, 0.29) is 11.8 Å². The first-order chi connectivity index (χ1) is 11.7.